The Hall–Kier alpha value is -0.810. The lowest BCUT2D eigenvalue weighted by molar-refractivity contribution is -0.0479. The predicted molar refractivity (Wildman–Crippen MR) is 137 cm³/mol. The fraction of sp³-hybridized carbons (Fsp3) is 0.966. The van der Waals surface area contributed by atoms with Crippen molar-refractivity contribution >= 4 is 6.03 Å². The third kappa shape index (κ3) is 4.53. The topological polar surface area (TPSA) is 70.4 Å². The van der Waals surface area contributed by atoms with Gasteiger partial charge in [0.05, 0.1) is 5.54 Å². The minimum absolute atomic E-state index is 0.0360. The first kappa shape index (κ1) is 23.6. The molecule has 192 valence electrons. The number of nitrogens with zero attached hydrogens (tertiary/aromatic N) is 1. The molecule has 9 rings (SSSR count). The van der Waals surface area contributed by atoms with Gasteiger partial charge in [-0.25, -0.2) is 4.79 Å². The lowest BCUT2D eigenvalue weighted by Crippen LogP contribution is -2.57. The quantitative estimate of drug-likeness (QED) is 0.555. The first-order valence-corrected chi connectivity index (χ1v) is 14.6. The molecule has 0 atom stereocenters. The van der Waals surface area contributed by atoms with Crippen LogP contribution < -0.4 is 16.4 Å². The number of nitrogens with one attached hydrogen (secondary N) is 2. The maximum absolute atomic E-state index is 12.2. The summed E-state index contributed by atoms with van der Waals surface area (Å²) in [5, 5.41) is 6.92. The van der Waals surface area contributed by atoms with Gasteiger partial charge in [-0.1, -0.05) is 0 Å². The van der Waals surface area contributed by atoms with Crippen molar-refractivity contribution in [2.75, 3.05) is 13.1 Å². The third-order valence-electron chi connectivity index (χ3n) is 10.8. The highest BCUT2D eigenvalue weighted by molar-refractivity contribution is 5.78. The van der Waals surface area contributed by atoms with Crippen LogP contribution in [0.25, 0.3) is 0 Å². The second kappa shape index (κ2) is 8.36. The van der Waals surface area contributed by atoms with Crippen LogP contribution in [0.4, 0.5) is 4.79 Å². The molecule has 0 aromatic heterocycles. The molecule has 2 amide bonds. The maximum atomic E-state index is 12.2. The normalized spacial score (nSPS) is 47.6. The van der Waals surface area contributed by atoms with E-state index in [-0.39, 0.29) is 17.1 Å². The first-order chi connectivity index (χ1) is 16.0. The molecule has 5 nitrogen and oxygen atoms in total. The Bertz CT molecular complexity index is 729. The Morgan fingerprint density at radius 1 is 0.853 bits per heavy atom. The van der Waals surface area contributed by atoms with Crippen LogP contribution in [0.15, 0.2) is 0 Å². The number of carbonyl (C=O) groups is 1. The predicted octanol–water partition coefficient (Wildman–Crippen LogP) is 4.75. The van der Waals surface area contributed by atoms with Crippen LogP contribution in [-0.4, -0.2) is 47.2 Å². The molecule has 8 aliphatic carbocycles. The van der Waals surface area contributed by atoms with E-state index in [4.69, 9.17) is 5.73 Å². The van der Waals surface area contributed by atoms with Gasteiger partial charge < -0.3 is 21.3 Å². The molecule has 1 saturated heterocycles. The molecule has 8 saturated carbocycles. The average Bonchev–Trinajstić information content (AvgIpc) is 2.98. The lowest BCUT2D eigenvalue weighted by Gasteiger charge is -2.56. The van der Waals surface area contributed by atoms with Crippen molar-refractivity contribution < 1.29 is 4.79 Å². The van der Waals surface area contributed by atoms with Crippen LogP contribution in [-0.2, 0) is 0 Å². The summed E-state index contributed by atoms with van der Waals surface area (Å²) in [6.45, 7) is 10.4. The number of hydrogen-bond acceptors (Lipinski definition) is 3. The SMILES string of the molecule is CC(C)(N)CNC1C2CC3CC(C2)CC1C3.CC1(C)CN(C2C3CC4CC(C3)CC2C4)C(=O)N1. The van der Waals surface area contributed by atoms with E-state index in [0.29, 0.717) is 6.04 Å². The average molecular weight is 471 g/mol. The summed E-state index contributed by atoms with van der Waals surface area (Å²) in [7, 11) is 0. The largest absolute Gasteiger partial charge is 0.331 e. The molecule has 9 aliphatic rings. The molecule has 0 spiro atoms. The van der Waals surface area contributed by atoms with E-state index in [0.717, 1.165) is 66.5 Å². The summed E-state index contributed by atoms with van der Waals surface area (Å²) < 4.78 is 0. The Kier molecular flexibility index (Phi) is 5.80. The van der Waals surface area contributed by atoms with Gasteiger partial charge >= 0.3 is 6.03 Å². The van der Waals surface area contributed by atoms with Crippen molar-refractivity contribution in [1.82, 2.24) is 15.5 Å². The van der Waals surface area contributed by atoms with Crippen molar-refractivity contribution in [1.29, 1.82) is 0 Å². The fourth-order valence-corrected chi connectivity index (χ4v) is 10.2. The molecule has 0 unspecified atom stereocenters. The maximum Gasteiger partial charge on any atom is 0.318 e. The minimum atomic E-state index is -0.0608. The van der Waals surface area contributed by atoms with Crippen LogP contribution in [0, 0.1) is 47.3 Å². The third-order valence-corrected chi connectivity index (χ3v) is 10.8. The molecular formula is C29H50N4O. The van der Waals surface area contributed by atoms with Crippen LogP contribution >= 0.6 is 0 Å². The molecule has 5 heteroatoms. The summed E-state index contributed by atoms with van der Waals surface area (Å²) in [6.07, 6.45) is 14.6. The molecule has 9 fully saturated rings. The Labute approximate surface area is 207 Å². The zero-order chi connectivity index (χ0) is 23.8. The molecule has 34 heavy (non-hydrogen) atoms. The molecular weight excluding hydrogens is 420 g/mol. The van der Waals surface area contributed by atoms with Crippen LogP contribution in [0.2, 0.25) is 0 Å². The molecule has 0 aromatic carbocycles. The Balaban J connectivity index is 0.000000129. The van der Waals surface area contributed by atoms with E-state index in [9.17, 15) is 4.79 Å². The summed E-state index contributed by atoms with van der Waals surface area (Å²) in [4.78, 5) is 14.4. The van der Waals surface area contributed by atoms with E-state index in [2.05, 4.69) is 43.2 Å². The molecule has 0 radical (unpaired) electrons. The summed E-state index contributed by atoms with van der Waals surface area (Å²) in [5.41, 5.74) is 5.98. The van der Waals surface area contributed by atoms with Crippen LogP contribution in [0.5, 0.6) is 0 Å². The van der Waals surface area contributed by atoms with E-state index in [1.807, 2.05) is 0 Å². The Morgan fingerprint density at radius 3 is 1.68 bits per heavy atom. The van der Waals surface area contributed by atoms with Gasteiger partial charge in [-0.05, 0) is 139 Å². The van der Waals surface area contributed by atoms with Gasteiger partial charge in [0.25, 0.3) is 0 Å². The molecule has 4 N–H and O–H groups in total. The standard InChI is InChI=1S/C15H24N2O.C14H26N2/c1-15(2)8-17(14(18)16-15)13-11-4-9-3-10(6-11)7-12(13)5-9;1-14(2,15)8-16-13-11-4-9-3-10(6-11)7-12(13)5-9/h9-13H,3-8H2,1-2H3,(H,16,18);9-13,16H,3-8,15H2,1-2H3. The van der Waals surface area contributed by atoms with Crippen molar-refractivity contribution in [2.24, 2.45) is 53.1 Å². The first-order valence-electron chi connectivity index (χ1n) is 14.6. The van der Waals surface area contributed by atoms with E-state index in [1.165, 1.54) is 57.8 Å². The Morgan fingerprint density at radius 2 is 1.29 bits per heavy atom. The van der Waals surface area contributed by atoms with Crippen LogP contribution in [0.1, 0.15) is 91.9 Å². The van der Waals surface area contributed by atoms with Crippen LogP contribution in [0.3, 0.4) is 0 Å². The number of urea groups is 1. The fourth-order valence-electron chi connectivity index (χ4n) is 10.2. The second-order valence-electron chi connectivity index (χ2n) is 15.2. The monoisotopic (exact) mass is 470 g/mol. The lowest BCUT2D eigenvalue weighted by atomic mass is 9.54. The molecule has 8 bridgehead atoms. The van der Waals surface area contributed by atoms with Gasteiger partial charge in [-0.2, -0.15) is 0 Å². The molecule has 1 aliphatic heterocycles. The number of hydrogen-bond donors (Lipinski definition) is 3. The minimum Gasteiger partial charge on any atom is -0.331 e. The summed E-state index contributed by atoms with van der Waals surface area (Å²) in [6, 6.07) is 1.53. The van der Waals surface area contributed by atoms with Gasteiger partial charge in [0.1, 0.15) is 0 Å². The van der Waals surface area contributed by atoms with Crippen molar-refractivity contribution in [3.05, 3.63) is 0 Å². The van der Waals surface area contributed by atoms with E-state index < -0.39 is 0 Å². The van der Waals surface area contributed by atoms with E-state index in [1.54, 1.807) is 6.42 Å². The number of nitrogens with two attached hydrogens (primary N) is 1. The molecule has 1 heterocycles. The zero-order valence-electron chi connectivity index (χ0n) is 22.2. The number of rotatable bonds is 4. The van der Waals surface area contributed by atoms with E-state index >= 15 is 0 Å². The highest BCUT2D eigenvalue weighted by Crippen LogP contribution is 2.56. The van der Waals surface area contributed by atoms with Crippen molar-refractivity contribution in [3.8, 4) is 0 Å². The number of amides is 2. The summed E-state index contributed by atoms with van der Waals surface area (Å²) >= 11 is 0. The number of carbonyl (C=O) groups excluding carboxylic acids is 1. The zero-order valence-corrected chi connectivity index (χ0v) is 22.2. The van der Waals surface area contributed by atoms with Crippen molar-refractivity contribution in [2.45, 2.75) is 115 Å². The second-order valence-corrected chi connectivity index (χ2v) is 15.2. The van der Waals surface area contributed by atoms with Gasteiger partial charge in [0.2, 0.25) is 0 Å². The van der Waals surface area contributed by atoms with Crippen molar-refractivity contribution in [3.63, 3.8) is 0 Å². The highest BCUT2D eigenvalue weighted by Gasteiger charge is 2.53. The summed E-state index contributed by atoms with van der Waals surface area (Å²) in [5.74, 6) is 7.68. The highest BCUT2D eigenvalue weighted by atomic mass is 16.2. The van der Waals surface area contributed by atoms with Gasteiger partial charge in [0.15, 0.2) is 0 Å². The van der Waals surface area contributed by atoms with Gasteiger partial charge in [-0.15, -0.1) is 0 Å². The smallest absolute Gasteiger partial charge is 0.318 e. The molecule has 0 aromatic rings. The van der Waals surface area contributed by atoms with Gasteiger partial charge in [-0.3, -0.25) is 0 Å². The van der Waals surface area contributed by atoms with Gasteiger partial charge in [0, 0.05) is 30.7 Å².